The zero-order valence-electron chi connectivity index (χ0n) is 12.2. The second-order valence-electron chi connectivity index (χ2n) is 5.03. The van der Waals surface area contributed by atoms with Crippen molar-refractivity contribution in [1.29, 1.82) is 0 Å². The lowest BCUT2D eigenvalue weighted by Gasteiger charge is -2.20. The SMILES string of the molecule is CCCNC(CCc1ccccn1)c1cc(F)ccc1Cl. The van der Waals surface area contributed by atoms with Crippen LogP contribution in [0.25, 0.3) is 0 Å². The van der Waals surface area contributed by atoms with Gasteiger partial charge in [-0.25, -0.2) is 4.39 Å². The Morgan fingerprint density at radius 2 is 2.14 bits per heavy atom. The van der Waals surface area contributed by atoms with Crippen molar-refractivity contribution in [2.24, 2.45) is 0 Å². The van der Waals surface area contributed by atoms with Crippen LogP contribution in [0.15, 0.2) is 42.6 Å². The summed E-state index contributed by atoms with van der Waals surface area (Å²) in [7, 11) is 0. The molecule has 2 rings (SSSR count). The van der Waals surface area contributed by atoms with E-state index in [-0.39, 0.29) is 11.9 Å². The fraction of sp³-hybridized carbons (Fsp3) is 0.353. The molecular formula is C17H20ClFN2. The molecule has 0 saturated carbocycles. The summed E-state index contributed by atoms with van der Waals surface area (Å²) in [6, 6.07) is 10.5. The number of hydrogen-bond acceptors (Lipinski definition) is 2. The van der Waals surface area contributed by atoms with Crippen LogP contribution in [0.5, 0.6) is 0 Å². The first-order valence-electron chi connectivity index (χ1n) is 7.29. The fourth-order valence-corrected chi connectivity index (χ4v) is 2.56. The predicted octanol–water partition coefficient (Wildman–Crippen LogP) is 4.55. The molecule has 0 fully saturated rings. The Hall–Kier alpha value is -1.45. The highest BCUT2D eigenvalue weighted by atomic mass is 35.5. The maximum absolute atomic E-state index is 13.5. The van der Waals surface area contributed by atoms with E-state index in [1.807, 2.05) is 18.2 Å². The molecule has 0 spiro atoms. The zero-order valence-corrected chi connectivity index (χ0v) is 12.9. The Morgan fingerprint density at radius 1 is 1.29 bits per heavy atom. The molecular weight excluding hydrogens is 287 g/mol. The lowest BCUT2D eigenvalue weighted by atomic mass is 10.00. The van der Waals surface area contributed by atoms with Gasteiger partial charge in [-0.3, -0.25) is 4.98 Å². The highest BCUT2D eigenvalue weighted by Crippen LogP contribution is 2.27. The Bertz CT molecular complexity index is 560. The molecule has 1 heterocycles. The van der Waals surface area contributed by atoms with Gasteiger partial charge in [0.15, 0.2) is 0 Å². The van der Waals surface area contributed by atoms with Crippen molar-refractivity contribution in [1.82, 2.24) is 10.3 Å². The average Bonchev–Trinajstić information content (AvgIpc) is 2.51. The van der Waals surface area contributed by atoms with Crippen molar-refractivity contribution in [3.63, 3.8) is 0 Å². The number of rotatable bonds is 7. The second kappa shape index (κ2) is 8.11. The third kappa shape index (κ3) is 4.80. The van der Waals surface area contributed by atoms with Gasteiger partial charge < -0.3 is 5.32 Å². The summed E-state index contributed by atoms with van der Waals surface area (Å²) in [5.41, 5.74) is 1.86. The second-order valence-corrected chi connectivity index (χ2v) is 5.44. The number of aryl methyl sites for hydroxylation is 1. The average molecular weight is 307 g/mol. The fourth-order valence-electron chi connectivity index (χ4n) is 2.31. The molecule has 2 nitrogen and oxygen atoms in total. The summed E-state index contributed by atoms with van der Waals surface area (Å²) in [5, 5.41) is 4.05. The molecule has 2 aromatic rings. The Morgan fingerprint density at radius 3 is 2.86 bits per heavy atom. The highest BCUT2D eigenvalue weighted by molar-refractivity contribution is 6.31. The van der Waals surface area contributed by atoms with Gasteiger partial charge in [0, 0.05) is 23.0 Å². The zero-order chi connectivity index (χ0) is 15.1. The van der Waals surface area contributed by atoms with Crippen LogP contribution in [-0.2, 0) is 6.42 Å². The number of pyridine rings is 1. The molecule has 4 heteroatoms. The van der Waals surface area contributed by atoms with Crippen LogP contribution < -0.4 is 5.32 Å². The molecule has 112 valence electrons. The molecule has 1 aromatic carbocycles. The van der Waals surface area contributed by atoms with Gasteiger partial charge in [-0.15, -0.1) is 0 Å². The van der Waals surface area contributed by atoms with E-state index in [1.54, 1.807) is 12.3 Å². The molecule has 0 aliphatic heterocycles. The number of benzene rings is 1. The number of nitrogens with zero attached hydrogens (tertiary/aromatic N) is 1. The van der Waals surface area contributed by atoms with Crippen LogP contribution >= 0.6 is 11.6 Å². The van der Waals surface area contributed by atoms with Crippen molar-refractivity contribution in [2.45, 2.75) is 32.2 Å². The number of nitrogens with one attached hydrogen (secondary N) is 1. The molecule has 1 aromatic heterocycles. The summed E-state index contributed by atoms with van der Waals surface area (Å²) in [5.74, 6) is -0.254. The molecule has 1 unspecified atom stereocenters. The molecule has 0 aliphatic carbocycles. The van der Waals surface area contributed by atoms with Crippen molar-refractivity contribution in [2.75, 3.05) is 6.54 Å². The van der Waals surface area contributed by atoms with Crippen molar-refractivity contribution < 1.29 is 4.39 Å². The summed E-state index contributed by atoms with van der Waals surface area (Å²) in [6.45, 7) is 2.98. The lowest BCUT2D eigenvalue weighted by molar-refractivity contribution is 0.494. The highest BCUT2D eigenvalue weighted by Gasteiger charge is 2.15. The number of halogens is 2. The van der Waals surface area contributed by atoms with E-state index in [9.17, 15) is 4.39 Å². The molecule has 21 heavy (non-hydrogen) atoms. The molecule has 0 saturated heterocycles. The first-order chi connectivity index (χ1) is 10.2. The largest absolute Gasteiger partial charge is 0.310 e. The van der Waals surface area contributed by atoms with Crippen molar-refractivity contribution >= 4 is 11.6 Å². The molecule has 0 aliphatic rings. The minimum absolute atomic E-state index is 0.0372. The van der Waals surface area contributed by atoms with E-state index in [0.717, 1.165) is 37.1 Å². The van der Waals surface area contributed by atoms with Gasteiger partial charge in [0.25, 0.3) is 0 Å². The monoisotopic (exact) mass is 306 g/mol. The lowest BCUT2D eigenvalue weighted by Crippen LogP contribution is -2.23. The summed E-state index contributed by atoms with van der Waals surface area (Å²) >= 11 is 6.23. The van der Waals surface area contributed by atoms with Gasteiger partial charge in [0.2, 0.25) is 0 Å². The van der Waals surface area contributed by atoms with Crippen LogP contribution in [-0.4, -0.2) is 11.5 Å². The maximum atomic E-state index is 13.5. The smallest absolute Gasteiger partial charge is 0.123 e. The van der Waals surface area contributed by atoms with Gasteiger partial charge in [-0.2, -0.15) is 0 Å². The Labute approximate surface area is 130 Å². The summed E-state index contributed by atoms with van der Waals surface area (Å²) < 4.78 is 13.5. The number of aromatic nitrogens is 1. The van der Waals surface area contributed by atoms with Gasteiger partial charge >= 0.3 is 0 Å². The first-order valence-corrected chi connectivity index (χ1v) is 7.66. The van der Waals surface area contributed by atoms with Crippen LogP contribution in [0.4, 0.5) is 4.39 Å². The summed E-state index contributed by atoms with van der Waals surface area (Å²) in [4.78, 5) is 4.33. The van der Waals surface area contributed by atoms with E-state index in [2.05, 4.69) is 17.2 Å². The number of hydrogen-bond donors (Lipinski definition) is 1. The van der Waals surface area contributed by atoms with Crippen LogP contribution in [0.2, 0.25) is 5.02 Å². The predicted molar refractivity (Wildman–Crippen MR) is 85.0 cm³/mol. The third-order valence-corrected chi connectivity index (χ3v) is 3.73. The normalized spacial score (nSPS) is 12.3. The molecule has 0 bridgehead atoms. The topological polar surface area (TPSA) is 24.9 Å². The van der Waals surface area contributed by atoms with Gasteiger partial charge in [0.05, 0.1) is 0 Å². The van der Waals surface area contributed by atoms with E-state index < -0.39 is 0 Å². The standard InChI is InChI=1S/C17H20ClFN2/c1-2-10-21-17(9-7-14-5-3-4-11-20-14)15-12-13(19)6-8-16(15)18/h3-6,8,11-12,17,21H,2,7,9-10H2,1H3. The van der Waals surface area contributed by atoms with Crippen LogP contribution in [0.3, 0.4) is 0 Å². The van der Waals surface area contributed by atoms with Crippen LogP contribution in [0.1, 0.15) is 37.1 Å². The minimum atomic E-state index is -0.254. The van der Waals surface area contributed by atoms with E-state index in [1.165, 1.54) is 12.1 Å². The van der Waals surface area contributed by atoms with E-state index in [4.69, 9.17) is 11.6 Å². The quantitative estimate of drug-likeness (QED) is 0.812. The molecule has 1 N–H and O–H groups in total. The van der Waals surface area contributed by atoms with Gasteiger partial charge in [-0.05, 0) is 61.7 Å². The van der Waals surface area contributed by atoms with Crippen molar-refractivity contribution in [3.8, 4) is 0 Å². The first kappa shape index (κ1) is 15.9. The minimum Gasteiger partial charge on any atom is -0.310 e. The Balaban J connectivity index is 2.12. The van der Waals surface area contributed by atoms with E-state index in [0.29, 0.717) is 5.02 Å². The van der Waals surface area contributed by atoms with E-state index >= 15 is 0 Å². The molecule has 0 amide bonds. The third-order valence-electron chi connectivity index (χ3n) is 3.39. The summed E-state index contributed by atoms with van der Waals surface area (Å²) in [6.07, 6.45) is 4.47. The van der Waals surface area contributed by atoms with Crippen LogP contribution in [0, 0.1) is 5.82 Å². The van der Waals surface area contributed by atoms with Gasteiger partial charge in [-0.1, -0.05) is 24.6 Å². The molecule has 0 radical (unpaired) electrons. The molecule has 1 atom stereocenters. The van der Waals surface area contributed by atoms with Gasteiger partial charge in [0.1, 0.15) is 5.82 Å². The maximum Gasteiger partial charge on any atom is 0.123 e. The Kier molecular flexibility index (Phi) is 6.15. The van der Waals surface area contributed by atoms with Crippen molar-refractivity contribution in [3.05, 3.63) is 64.7 Å².